The van der Waals surface area contributed by atoms with Crippen LogP contribution in [0.5, 0.6) is 0 Å². The third kappa shape index (κ3) is 6.00. The summed E-state index contributed by atoms with van der Waals surface area (Å²) in [5.74, 6) is -9.46. The van der Waals surface area contributed by atoms with Gasteiger partial charge in [0, 0.05) is 16.7 Å². The molecule has 222 valence electrons. The molecule has 4 aromatic rings. The Morgan fingerprint density at radius 3 is 2.16 bits per heavy atom. The maximum Gasteiger partial charge on any atom is 0.377 e. The molecule has 5 rings (SSSR count). The van der Waals surface area contributed by atoms with Crippen LogP contribution in [0.2, 0.25) is 0 Å². The van der Waals surface area contributed by atoms with Crippen molar-refractivity contribution in [2.75, 3.05) is 13.2 Å². The van der Waals surface area contributed by atoms with Crippen molar-refractivity contribution in [1.82, 2.24) is 4.90 Å². The molecule has 10 nitrogen and oxygen atoms in total. The van der Waals surface area contributed by atoms with Crippen molar-refractivity contribution in [2.45, 2.75) is 37.2 Å². The number of hydrogen-bond acceptors (Lipinski definition) is 7. The molecule has 2 heterocycles. The van der Waals surface area contributed by atoms with Crippen LogP contribution in [0.4, 0.5) is 0 Å². The largest absolute Gasteiger partial charge is 0.480 e. The molecular formula is C32H29NO9S. The van der Waals surface area contributed by atoms with E-state index < -0.39 is 60.8 Å². The van der Waals surface area contributed by atoms with E-state index in [-0.39, 0.29) is 0 Å². The second-order valence-electron chi connectivity index (χ2n) is 10.3. The predicted molar refractivity (Wildman–Crippen MR) is 158 cm³/mol. The van der Waals surface area contributed by atoms with Crippen molar-refractivity contribution in [1.29, 1.82) is 0 Å². The highest BCUT2D eigenvalue weighted by atomic mass is 32.1. The van der Waals surface area contributed by atoms with Crippen molar-refractivity contribution < 1.29 is 44.0 Å². The zero-order valence-corrected chi connectivity index (χ0v) is 23.9. The summed E-state index contributed by atoms with van der Waals surface area (Å²) in [5, 5.41) is 31.8. The van der Waals surface area contributed by atoms with Crippen LogP contribution in [0.1, 0.15) is 24.0 Å². The molecule has 0 bridgehead atoms. The maximum atomic E-state index is 13.7. The van der Waals surface area contributed by atoms with Gasteiger partial charge in [-0.1, -0.05) is 72.8 Å². The average molecular weight is 604 g/mol. The first-order valence-electron chi connectivity index (χ1n) is 13.5. The van der Waals surface area contributed by atoms with Gasteiger partial charge in [0.1, 0.15) is 6.54 Å². The van der Waals surface area contributed by atoms with Gasteiger partial charge in [-0.3, -0.25) is 9.59 Å². The molecule has 1 aromatic heterocycles. The van der Waals surface area contributed by atoms with Gasteiger partial charge in [-0.15, -0.1) is 11.3 Å². The van der Waals surface area contributed by atoms with Gasteiger partial charge < -0.3 is 29.7 Å². The molecule has 0 aliphatic carbocycles. The molecule has 43 heavy (non-hydrogen) atoms. The number of fused-ring (bicyclic) bond motifs is 1. The van der Waals surface area contributed by atoms with E-state index in [2.05, 4.69) is 0 Å². The minimum Gasteiger partial charge on any atom is -0.480 e. The lowest BCUT2D eigenvalue weighted by molar-refractivity contribution is -0.218. The van der Waals surface area contributed by atoms with Crippen LogP contribution in [0.25, 0.3) is 21.2 Å². The molecule has 3 atom stereocenters. The van der Waals surface area contributed by atoms with Gasteiger partial charge in [-0.25, -0.2) is 9.59 Å². The highest BCUT2D eigenvalue weighted by Gasteiger charge is 2.58. The summed E-state index contributed by atoms with van der Waals surface area (Å²) < 4.78 is 11.2. The fourth-order valence-corrected chi connectivity index (χ4v) is 6.39. The third-order valence-electron chi connectivity index (χ3n) is 7.69. The Morgan fingerprint density at radius 1 is 0.907 bits per heavy atom. The minimum atomic E-state index is -3.05. The molecule has 1 saturated heterocycles. The molecule has 3 N–H and O–H groups in total. The summed E-state index contributed by atoms with van der Waals surface area (Å²) in [6.07, 6.45) is -1.16. The second-order valence-corrected chi connectivity index (χ2v) is 11.2. The average Bonchev–Trinajstić information content (AvgIpc) is 3.65. The summed E-state index contributed by atoms with van der Waals surface area (Å²) in [5.41, 5.74) is 3.91. The smallest absolute Gasteiger partial charge is 0.377 e. The fourth-order valence-electron chi connectivity index (χ4n) is 5.42. The predicted octanol–water partition coefficient (Wildman–Crippen LogP) is 4.48. The first kappa shape index (κ1) is 29.9. The third-order valence-corrected chi connectivity index (χ3v) is 8.71. The summed E-state index contributed by atoms with van der Waals surface area (Å²) in [7, 11) is 0. The van der Waals surface area contributed by atoms with Crippen LogP contribution in [-0.4, -0.2) is 75.1 Å². The molecule has 0 spiro atoms. The van der Waals surface area contributed by atoms with Crippen LogP contribution in [0.3, 0.4) is 0 Å². The summed E-state index contributed by atoms with van der Waals surface area (Å²) in [4.78, 5) is 50.1. The van der Waals surface area contributed by atoms with E-state index in [0.717, 1.165) is 37.2 Å². The van der Waals surface area contributed by atoms with Crippen molar-refractivity contribution in [3.05, 3.63) is 95.4 Å². The Kier molecular flexibility index (Phi) is 8.58. The zero-order valence-electron chi connectivity index (χ0n) is 23.1. The van der Waals surface area contributed by atoms with E-state index in [9.17, 15) is 34.5 Å². The van der Waals surface area contributed by atoms with E-state index in [1.54, 1.807) is 18.3 Å². The molecule has 0 unspecified atom stereocenters. The number of thiophene rings is 1. The molecule has 11 heteroatoms. The Bertz CT molecular complexity index is 1640. The Morgan fingerprint density at radius 2 is 1.53 bits per heavy atom. The van der Waals surface area contributed by atoms with Gasteiger partial charge in [0.15, 0.2) is 6.10 Å². The normalized spacial score (nSPS) is 17.3. The first-order valence-corrected chi connectivity index (χ1v) is 14.4. The van der Waals surface area contributed by atoms with Gasteiger partial charge in [0.25, 0.3) is 5.91 Å². The van der Waals surface area contributed by atoms with Gasteiger partial charge in [-0.2, -0.15) is 0 Å². The number of carbonyl (C=O) groups excluding carboxylic acids is 1. The van der Waals surface area contributed by atoms with Gasteiger partial charge in [0.05, 0.1) is 6.61 Å². The van der Waals surface area contributed by atoms with Crippen molar-refractivity contribution in [3.8, 4) is 11.1 Å². The SMILES string of the molecule is C[C@@H]([C@@H](Cc1csc2ccccc12)c1ccc(-c2ccccc2)cc1)N(CC(=O)O)C(=O)[C@@H]1COC(C(=O)O)(C(=O)O)O1. The monoisotopic (exact) mass is 603 g/mol. The summed E-state index contributed by atoms with van der Waals surface area (Å²) in [6, 6.07) is 24.9. The topological polar surface area (TPSA) is 151 Å². The zero-order chi connectivity index (χ0) is 30.7. The van der Waals surface area contributed by atoms with E-state index in [1.165, 1.54) is 0 Å². The van der Waals surface area contributed by atoms with Gasteiger partial charge >= 0.3 is 23.7 Å². The highest BCUT2D eigenvalue weighted by molar-refractivity contribution is 7.17. The molecule has 3 aromatic carbocycles. The lowest BCUT2D eigenvalue weighted by atomic mass is 9.84. The van der Waals surface area contributed by atoms with E-state index in [4.69, 9.17) is 9.47 Å². The number of amides is 1. The van der Waals surface area contributed by atoms with Crippen molar-refractivity contribution in [3.63, 3.8) is 0 Å². The van der Waals surface area contributed by atoms with Gasteiger partial charge in [-0.05, 0) is 52.4 Å². The lowest BCUT2D eigenvalue weighted by Gasteiger charge is -2.35. The standard InChI is InChI=1S/C32H29NO9S/c1-19(33(16-28(34)35)29(36)26-17-41-32(42-26,30(37)38)31(39)40)25(15-23-18-43-27-10-6-5-9-24(23)27)22-13-11-21(12-14-22)20-7-3-2-4-8-20/h2-14,18-19,25-26H,15-17H2,1H3,(H,34,35)(H,37,38)(H,39,40)/t19-,25+,26-/m0/s1. The van der Waals surface area contributed by atoms with Crippen LogP contribution in [0, 0.1) is 0 Å². The minimum absolute atomic E-state index is 0.392. The van der Waals surface area contributed by atoms with E-state index in [1.807, 2.05) is 84.2 Å². The number of carbonyl (C=O) groups is 4. The maximum absolute atomic E-state index is 13.7. The van der Waals surface area contributed by atoms with E-state index in [0.29, 0.717) is 6.42 Å². The summed E-state index contributed by atoms with van der Waals surface area (Å²) >= 11 is 1.59. The quantitative estimate of drug-likeness (QED) is 0.211. The van der Waals surface area contributed by atoms with E-state index >= 15 is 0 Å². The molecule has 1 fully saturated rings. The van der Waals surface area contributed by atoms with Crippen molar-refractivity contribution >= 4 is 45.2 Å². The number of carboxylic acids is 3. The van der Waals surface area contributed by atoms with Gasteiger partial charge in [0.2, 0.25) is 0 Å². The molecular weight excluding hydrogens is 574 g/mol. The van der Waals surface area contributed by atoms with Crippen LogP contribution in [-0.2, 0) is 35.1 Å². The Hall–Kier alpha value is -4.58. The number of ether oxygens (including phenoxy) is 2. The number of nitrogens with zero attached hydrogens (tertiary/aromatic N) is 1. The highest BCUT2D eigenvalue weighted by Crippen LogP contribution is 2.35. The number of hydrogen-bond donors (Lipinski definition) is 3. The molecule has 0 saturated carbocycles. The van der Waals surface area contributed by atoms with Crippen LogP contribution in [0.15, 0.2) is 84.2 Å². The number of rotatable bonds is 11. The lowest BCUT2D eigenvalue weighted by Crippen LogP contribution is -2.52. The first-order chi connectivity index (χ1) is 20.6. The number of aliphatic carboxylic acids is 3. The van der Waals surface area contributed by atoms with Crippen LogP contribution < -0.4 is 0 Å². The molecule has 1 aliphatic heterocycles. The number of carboxylic acid groups (broad SMARTS) is 3. The van der Waals surface area contributed by atoms with Crippen molar-refractivity contribution in [2.24, 2.45) is 0 Å². The molecule has 1 amide bonds. The van der Waals surface area contributed by atoms with Crippen LogP contribution >= 0.6 is 11.3 Å². The Labute approximate surface area is 250 Å². The second kappa shape index (κ2) is 12.3. The molecule has 0 radical (unpaired) electrons. The Balaban J connectivity index is 1.51. The summed E-state index contributed by atoms with van der Waals surface area (Å²) in [6.45, 7) is 0.352. The fraction of sp³-hybridized carbons (Fsp3) is 0.250. The molecule has 1 aliphatic rings. The number of benzene rings is 3.